The van der Waals surface area contributed by atoms with Crippen molar-refractivity contribution in [1.82, 2.24) is 5.32 Å². The summed E-state index contributed by atoms with van der Waals surface area (Å²) in [6.45, 7) is 2.84. The van der Waals surface area contributed by atoms with Gasteiger partial charge in [-0.25, -0.2) is 0 Å². The molecule has 0 aromatic heterocycles. The minimum absolute atomic E-state index is 0.208. The molecule has 0 radical (unpaired) electrons. The van der Waals surface area contributed by atoms with Crippen LogP contribution in [0.25, 0.3) is 0 Å². The van der Waals surface area contributed by atoms with E-state index in [4.69, 9.17) is 9.47 Å². The van der Waals surface area contributed by atoms with E-state index in [2.05, 4.69) is 36.5 Å². The van der Waals surface area contributed by atoms with E-state index in [1.54, 1.807) is 0 Å². The van der Waals surface area contributed by atoms with Crippen molar-refractivity contribution in [3.63, 3.8) is 0 Å². The van der Waals surface area contributed by atoms with Crippen LogP contribution in [0.2, 0.25) is 0 Å². The van der Waals surface area contributed by atoms with Gasteiger partial charge in [-0.1, -0.05) is 25.0 Å². The van der Waals surface area contributed by atoms with Crippen molar-refractivity contribution in [2.75, 3.05) is 13.7 Å². The molecule has 1 aromatic carbocycles. The summed E-state index contributed by atoms with van der Waals surface area (Å²) in [6, 6.07) is 8.75. The molecule has 2 aliphatic rings. The van der Waals surface area contributed by atoms with Gasteiger partial charge in [0.1, 0.15) is 12.4 Å². The fourth-order valence-electron chi connectivity index (χ4n) is 3.61. The normalized spacial score (nSPS) is 25.3. The third kappa shape index (κ3) is 3.41. The lowest BCUT2D eigenvalue weighted by Gasteiger charge is -2.23. The highest BCUT2D eigenvalue weighted by molar-refractivity contribution is 5.28. The van der Waals surface area contributed by atoms with E-state index in [1.165, 1.54) is 37.7 Å². The van der Waals surface area contributed by atoms with Crippen molar-refractivity contribution >= 4 is 0 Å². The molecule has 116 valence electrons. The summed E-state index contributed by atoms with van der Waals surface area (Å²) in [5, 5.41) is 3.24. The molecule has 2 fully saturated rings. The quantitative estimate of drug-likeness (QED) is 0.893. The lowest BCUT2D eigenvalue weighted by atomic mass is 9.98. The van der Waals surface area contributed by atoms with Gasteiger partial charge in [0.15, 0.2) is 0 Å². The second-order valence-electron chi connectivity index (χ2n) is 6.56. The SMILES string of the molecule is CNC(C)c1ccc(OCC2CCC3(CCCC3)O2)cc1. The number of hydrogen-bond donors (Lipinski definition) is 1. The molecule has 1 N–H and O–H groups in total. The molecule has 0 bridgehead atoms. The van der Waals surface area contributed by atoms with Crippen LogP contribution in [0, 0.1) is 0 Å². The van der Waals surface area contributed by atoms with Gasteiger partial charge >= 0.3 is 0 Å². The van der Waals surface area contributed by atoms with Crippen LogP contribution in [0.1, 0.15) is 57.1 Å². The minimum Gasteiger partial charge on any atom is -0.491 e. The molecule has 3 nitrogen and oxygen atoms in total. The topological polar surface area (TPSA) is 30.5 Å². The maximum Gasteiger partial charge on any atom is 0.119 e. The molecule has 0 amide bonds. The molecule has 1 aliphatic carbocycles. The molecular formula is C18H27NO2. The molecular weight excluding hydrogens is 262 g/mol. The fraction of sp³-hybridized carbons (Fsp3) is 0.667. The van der Waals surface area contributed by atoms with Crippen LogP contribution in [0.4, 0.5) is 0 Å². The summed E-state index contributed by atoms with van der Waals surface area (Å²) < 4.78 is 12.2. The van der Waals surface area contributed by atoms with Gasteiger partial charge < -0.3 is 14.8 Å². The van der Waals surface area contributed by atoms with Crippen LogP contribution in [0.15, 0.2) is 24.3 Å². The van der Waals surface area contributed by atoms with E-state index >= 15 is 0 Å². The molecule has 1 heterocycles. The van der Waals surface area contributed by atoms with Crippen LogP contribution in [-0.4, -0.2) is 25.4 Å². The molecule has 1 saturated heterocycles. The maximum atomic E-state index is 6.28. The summed E-state index contributed by atoms with van der Waals surface area (Å²) in [5.74, 6) is 0.943. The first kappa shape index (κ1) is 14.9. The highest BCUT2D eigenvalue weighted by atomic mass is 16.6. The van der Waals surface area contributed by atoms with Gasteiger partial charge in [-0.15, -0.1) is 0 Å². The molecule has 1 aliphatic heterocycles. The maximum absolute atomic E-state index is 6.28. The standard InChI is InChI=1S/C18H27NO2/c1-14(19-2)15-5-7-16(8-6-15)20-13-17-9-12-18(21-17)10-3-4-11-18/h5-8,14,17,19H,3-4,9-13H2,1-2H3. The monoisotopic (exact) mass is 289 g/mol. The van der Waals surface area contributed by atoms with Crippen LogP contribution in [0.5, 0.6) is 5.75 Å². The van der Waals surface area contributed by atoms with Crippen molar-refractivity contribution in [3.8, 4) is 5.75 Å². The highest BCUT2D eigenvalue weighted by Gasteiger charge is 2.42. The summed E-state index contributed by atoms with van der Waals surface area (Å²) in [7, 11) is 1.98. The zero-order valence-electron chi connectivity index (χ0n) is 13.2. The number of nitrogens with one attached hydrogen (secondary N) is 1. The Morgan fingerprint density at radius 3 is 2.62 bits per heavy atom. The highest BCUT2D eigenvalue weighted by Crippen LogP contribution is 2.43. The molecule has 3 heteroatoms. The Morgan fingerprint density at radius 1 is 1.24 bits per heavy atom. The number of rotatable bonds is 5. The Kier molecular flexibility index (Phi) is 4.51. The first-order valence-electron chi connectivity index (χ1n) is 8.29. The smallest absolute Gasteiger partial charge is 0.119 e. The van der Waals surface area contributed by atoms with Crippen molar-refractivity contribution in [1.29, 1.82) is 0 Å². The van der Waals surface area contributed by atoms with E-state index in [0.717, 1.165) is 12.2 Å². The van der Waals surface area contributed by atoms with Crippen LogP contribution >= 0.6 is 0 Å². The van der Waals surface area contributed by atoms with E-state index in [9.17, 15) is 0 Å². The predicted octanol–water partition coefficient (Wildman–Crippen LogP) is 3.84. The summed E-state index contributed by atoms with van der Waals surface area (Å²) in [6.07, 6.45) is 7.81. The van der Waals surface area contributed by atoms with E-state index in [-0.39, 0.29) is 11.7 Å². The Labute approximate surface area is 128 Å². The summed E-state index contributed by atoms with van der Waals surface area (Å²) in [5.41, 5.74) is 1.49. The number of benzene rings is 1. The lowest BCUT2D eigenvalue weighted by Crippen LogP contribution is -2.27. The second-order valence-corrected chi connectivity index (χ2v) is 6.56. The van der Waals surface area contributed by atoms with Gasteiger partial charge in [-0.3, -0.25) is 0 Å². The van der Waals surface area contributed by atoms with Crippen molar-refractivity contribution in [2.24, 2.45) is 0 Å². The van der Waals surface area contributed by atoms with E-state index in [0.29, 0.717) is 12.6 Å². The third-order valence-corrected chi connectivity index (χ3v) is 5.10. The first-order valence-corrected chi connectivity index (χ1v) is 8.29. The fourth-order valence-corrected chi connectivity index (χ4v) is 3.61. The summed E-state index contributed by atoms with van der Waals surface area (Å²) >= 11 is 0. The van der Waals surface area contributed by atoms with Crippen LogP contribution < -0.4 is 10.1 Å². The lowest BCUT2D eigenvalue weighted by molar-refractivity contribution is -0.0508. The molecule has 21 heavy (non-hydrogen) atoms. The van der Waals surface area contributed by atoms with Gasteiger partial charge in [0.25, 0.3) is 0 Å². The largest absolute Gasteiger partial charge is 0.491 e. The average Bonchev–Trinajstić information content (AvgIpc) is 3.15. The molecule has 2 unspecified atom stereocenters. The number of hydrogen-bond acceptors (Lipinski definition) is 3. The first-order chi connectivity index (χ1) is 10.2. The zero-order valence-corrected chi connectivity index (χ0v) is 13.2. The third-order valence-electron chi connectivity index (χ3n) is 5.10. The Hall–Kier alpha value is -1.06. The molecule has 1 spiro atoms. The zero-order chi connectivity index (χ0) is 14.7. The molecule has 1 aromatic rings. The predicted molar refractivity (Wildman–Crippen MR) is 84.7 cm³/mol. The summed E-state index contributed by atoms with van der Waals surface area (Å²) in [4.78, 5) is 0. The molecule has 2 atom stereocenters. The second kappa shape index (κ2) is 6.37. The van der Waals surface area contributed by atoms with Gasteiger partial charge in [-0.2, -0.15) is 0 Å². The van der Waals surface area contributed by atoms with Gasteiger partial charge in [0, 0.05) is 6.04 Å². The number of ether oxygens (including phenoxy) is 2. The average molecular weight is 289 g/mol. The van der Waals surface area contributed by atoms with Crippen molar-refractivity contribution in [2.45, 2.75) is 63.2 Å². The Morgan fingerprint density at radius 2 is 1.95 bits per heavy atom. The van der Waals surface area contributed by atoms with Gasteiger partial charge in [0.2, 0.25) is 0 Å². The van der Waals surface area contributed by atoms with Crippen LogP contribution in [-0.2, 0) is 4.74 Å². The molecule has 1 saturated carbocycles. The van der Waals surface area contributed by atoms with E-state index < -0.39 is 0 Å². The molecule has 3 rings (SSSR count). The van der Waals surface area contributed by atoms with Gasteiger partial charge in [0.05, 0.1) is 11.7 Å². The van der Waals surface area contributed by atoms with Crippen molar-refractivity contribution < 1.29 is 9.47 Å². The van der Waals surface area contributed by atoms with Crippen molar-refractivity contribution in [3.05, 3.63) is 29.8 Å². The van der Waals surface area contributed by atoms with Gasteiger partial charge in [-0.05, 0) is 57.4 Å². The van der Waals surface area contributed by atoms with Crippen LogP contribution in [0.3, 0.4) is 0 Å². The minimum atomic E-state index is 0.208. The van der Waals surface area contributed by atoms with E-state index in [1.807, 2.05) is 7.05 Å². The Bertz CT molecular complexity index is 451. The Balaban J connectivity index is 1.49.